The third-order valence-corrected chi connectivity index (χ3v) is 6.56. The largest absolute Gasteiger partial charge is 0.336 e. The number of hydrogen-bond acceptors (Lipinski definition) is 4. The van der Waals surface area contributed by atoms with Gasteiger partial charge in [-0.05, 0) is 25.0 Å². The van der Waals surface area contributed by atoms with Crippen LogP contribution in [-0.4, -0.2) is 55.8 Å². The molecular formula is C24H25N5O2. The molecule has 31 heavy (non-hydrogen) atoms. The summed E-state index contributed by atoms with van der Waals surface area (Å²) < 4.78 is 1.84. The molecule has 5 rings (SSSR count). The minimum absolute atomic E-state index is 0.0648. The molecule has 0 aliphatic carbocycles. The van der Waals surface area contributed by atoms with Gasteiger partial charge in [-0.3, -0.25) is 14.6 Å². The Labute approximate surface area is 181 Å². The van der Waals surface area contributed by atoms with Gasteiger partial charge in [-0.2, -0.15) is 0 Å². The van der Waals surface area contributed by atoms with Gasteiger partial charge in [-0.15, -0.1) is 0 Å². The van der Waals surface area contributed by atoms with E-state index in [0.717, 1.165) is 23.5 Å². The zero-order valence-corrected chi connectivity index (χ0v) is 17.6. The minimum Gasteiger partial charge on any atom is -0.336 e. The third-order valence-electron chi connectivity index (χ3n) is 6.56. The molecule has 7 nitrogen and oxygen atoms in total. The lowest BCUT2D eigenvalue weighted by Gasteiger charge is -2.23. The third kappa shape index (κ3) is 3.40. The molecule has 0 N–H and O–H groups in total. The van der Waals surface area contributed by atoms with Gasteiger partial charge in [0.25, 0.3) is 5.91 Å². The molecule has 4 heterocycles. The van der Waals surface area contributed by atoms with Crippen molar-refractivity contribution in [1.29, 1.82) is 0 Å². The number of hydrogen-bond donors (Lipinski definition) is 0. The summed E-state index contributed by atoms with van der Waals surface area (Å²) in [5, 5.41) is 0. The highest BCUT2D eigenvalue weighted by atomic mass is 16.2. The average molecular weight is 415 g/mol. The molecule has 1 atom stereocenters. The van der Waals surface area contributed by atoms with Crippen molar-refractivity contribution in [3.8, 4) is 11.4 Å². The topological polar surface area (TPSA) is 71.3 Å². The van der Waals surface area contributed by atoms with Crippen LogP contribution in [0, 0.1) is 5.41 Å². The average Bonchev–Trinajstić information content (AvgIpc) is 3.49. The van der Waals surface area contributed by atoms with Crippen molar-refractivity contribution in [3.05, 3.63) is 72.3 Å². The maximum Gasteiger partial charge on any atom is 0.272 e. The summed E-state index contributed by atoms with van der Waals surface area (Å²) in [5.74, 6) is 0.838. The van der Waals surface area contributed by atoms with Crippen molar-refractivity contribution in [2.45, 2.75) is 19.4 Å². The fraction of sp³-hybridized carbons (Fsp3) is 0.333. The summed E-state index contributed by atoms with van der Waals surface area (Å²) in [7, 11) is 1.86. The van der Waals surface area contributed by atoms with E-state index in [0.29, 0.717) is 38.3 Å². The standard InChI is InChI=1S/C24H25N5O2/c1-27-20(15-26-21(27)18-7-3-2-4-8-18)22(30)29-14-11-24(17-29)10-13-28(23(24)31)16-19-9-5-6-12-25-19/h2-9,12,15H,10-11,13-14,16-17H2,1H3. The van der Waals surface area contributed by atoms with E-state index in [1.807, 2.05) is 69.9 Å². The van der Waals surface area contributed by atoms with E-state index in [2.05, 4.69) is 9.97 Å². The highest BCUT2D eigenvalue weighted by Crippen LogP contribution is 2.41. The Morgan fingerprint density at radius 1 is 1.03 bits per heavy atom. The first-order valence-corrected chi connectivity index (χ1v) is 10.6. The number of likely N-dealkylation sites (tertiary alicyclic amines) is 2. The molecule has 3 aromatic rings. The van der Waals surface area contributed by atoms with Gasteiger partial charge in [0.05, 0.1) is 23.9 Å². The van der Waals surface area contributed by atoms with E-state index < -0.39 is 5.41 Å². The Hall–Kier alpha value is -3.48. The second-order valence-corrected chi connectivity index (χ2v) is 8.45. The highest BCUT2D eigenvalue weighted by Gasteiger charge is 2.51. The van der Waals surface area contributed by atoms with Crippen LogP contribution in [0.3, 0.4) is 0 Å². The quantitative estimate of drug-likeness (QED) is 0.657. The van der Waals surface area contributed by atoms with Gasteiger partial charge >= 0.3 is 0 Å². The van der Waals surface area contributed by atoms with Crippen LogP contribution in [0.25, 0.3) is 11.4 Å². The number of pyridine rings is 1. The van der Waals surface area contributed by atoms with Crippen molar-refractivity contribution in [2.24, 2.45) is 12.5 Å². The first-order chi connectivity index (χ1) is 15.1. The van der Waals surface area contributed by atoms with Gasteiger partial charge in [0.15, 0.2) is 0 Å². The van der Waals surface area contributed by atoms with Crippen LogP contribution in [-0.2, 0) is 18.4 Å². The molecule has 2 aliphatic heterocycles. The Bertz CT molecular complexity index is 1110. The van der Waals surface area contributed by atoms with Gasteiger partial charge < -0.3 is 14.4 Å². The highest BCUT2D eigenvalue weighted by molar-refractivity contribution is 5.95. The van der Waals surface area contributed by atoms with E-state index >= 15 is 0 Å². The normalized spacial score (nSPS) is 20.7. The van der Waals surface area contributed by atoms with Gasteiger partial charge in [0.2, 0.25) is 5.91 Å². The van der Waals surface area contributed by atoms with Crippen molar-refractivity contribution in [1.82, 2.24) is 24.3 Å². The second kappa shape index (κ2) is 7.65. The van der Waals surface area contributed by atoms with E-state index in [9.17, 15) is 9.59 Å². The molecular weight excluding hydrogens is 390 g/mol. The number of rotatable bonds is 4. The van der Waals surface area contributed by atoms with Gasteiger partial charge in [0, 0.05) is 38.4 Å². The SMILES string of the molecule is Cn1c(C(=O)N2CCC3(CCN(Cc4ccccn4)C3=O)C2)cnc1-c1ccccc1. The molecule has 1 unspecified atom stereocenters. The monoisotopic (exact) mass is 415 g/mol. The predicted octanol–water partition coefficient (Wildman–Crippen LogP) is 2.75. The van der Waals surface area contributed by atoms with Gasteiger partial charge in [0.1, 0.15) is 11.5 Å². The van der Waals surface area contributed by atoms with Gasteiger partial charge in [-0.25, -0.2) is 4.98 Å². The zero-order chi connectivity index (χ0) is 21.4. The van der Waals surface area contributed by atoms with Crippen LogP contribution in [0.5, 0.6) is 0 Å². The lowest BCUT2D eigenvalue weighted by molar-refractivity contribution is -0.135. The summed E-state index contributed by atoms with van der Waals surface area (Å²) in [4.78, 5) is 39.0. The molecule has 1 spiro atoms. The van der Waals surface area contributed by atoms with Crippen LogP contribution >= 0.6 is 0 Å². The number of benzene rings is 1. The zero-order valence-electron chi connectivity index (χ0n) is 17.6. The molecule has 2 aliphatic rings. The van der Waals surface area contributed by atoms with Crippen LogP contribution in [0.1, 0.15) is 29.0 Å². The minimum atomic E-state index is -0.467. The molecule has 0 saturated carbocycles. The fourth-order valence-corrected chi connectivity index (χ4v) is 4.78. The second-order valence-electron chi connectivity index (χ2n) is 8.45. The molecule has 7 heteroatoms. The Kier molecular flexibility index (Phi) is 4.81. The summed E-state index contributed by atoms with van der Waals surface area (Å²) in [5.41, 5.74) is 1.94. The maximum absolute atomic E-state index is 13.3. The smallest absolute Gasteiger partial charge is 0.272 e. The van der Waals surface area contributed by atoms with E-state index in [1.54, 1.807) is 12.4 Å². The Morgan fingerprint density at radius 2 is 1.81 bits per heavy atom. The maximum atomic E-state index is 13.3. The molecule has 158 valence electrons. The van der Waals surface area contributed by atoms with E-state index in [1.165, 1.54) is 0 Å². The number of amides is 2. The van der Waals surface area contributed by atoms with Crippen LogP contribution in [0.15, 0.2) is 60.9 Å². The molecule has 2 aromatic heterocycles. The van der Waals surface area contributed by atoms with Crippen molar-refractivity contribution in [3.63, 3.8) is 0 Å². The summed E-state index contributed by atoms with van der Waals surface area (Å²) in [6.45, 7) is 2.29. The Morgan fingerprint density at radius 3 is 2.58 bits per heavy atom. The van der Waals surface area contributed by atoms with E-state index in [4.69, 9.17) is 0 Å². The van der Waals surface area contributed by atoms with Gasteiger partial charge in [-0.1, -0.05) is 36.4 Å². The summed E-state index contributed by atoms with van der Waals surface area (Å²) in [6, 6.07) is 15.6. The first kappa shape index (κ1) is 19.5. The lowest BCUT2D eigenvalue weighted by atomic mass is 9.85. The number of imidazole rings is 1. The number of carbonyl (C=O) groups excluding carboxylic acids is 2. The Balaban J connectivity index is 1.30. The molecule has 0 radical (unpaired) electrons. The van der Waals surface area contributed by atoms with Crippen molar-refractivity contribution < 1.29 is 9.59 Å². The fourth-order valence-electron chi connectivity index (χ4n) is 4.78. The number of aromatic nitrogens is 3. The van der Waals surface area contributed by atoms with Crippen molar-refractivity contribution in [2.75, 3.05) is 19.6 Å². The van der Waals surface area contributed by atoms with Crippen molar-refractivity contribution >= 4 is 11.8 Å². The summed E-state index contributed by atoms with van der Waals surface area (Å²) in [6.07, 6.45) is 4.88. The molecule has 2 amide bonds. The van der Waals surface area contributed by atoms with Crippen LogP contribution < -0.4 is 0 Å². The molecule has 2 fully saturated rings. The first-order valence-electron chi connectivity index (χ1n) is 10.6. The molecule has 2 saturated heterocycles. The number of nitrogens with zero attached hydrogens (tertiary/aromatic N) is 5. The van der Waals surface area contributed by atoms with Crippen LogP contribution in [0.4, 0.5) is 0 Å². The molecule has 1 aromatic carbocycles. The summed E-state index contributed by atoms with van der Waals surface area (Å²) >= 11 is 0. The lowest BCUT2D eigenvalue weighted by Crippen LogP contribution is -2.38. The number of carbonyl (C=O) groups is 2. The van der Waals surface area contributed by atoms with Crippen LogP contribution in [0.2, 0.25) is 0 Å². The molecule has 0 bridgehead atoms. The predicted molar refractivity (Wildman–Crippen MR) is 116 cm³/mol. The van der Waals surface area contributed by atoms with E-state index in [-0.39, 0.29) is 11.8 Å².